The molecule has 2 rings (SSSR count). The minimum atomic E-state index is -0.959. The summed E-state index contributed by atoms with van der Waals surface area (Å²) in [6.07, 6.45) is 0.261. The topological polar surface area (TPSA) is 47.6 Å². The van der Waals surface area contributed by atoms with E-state index in [0.29, 0.717) is 5.56 Å². The predicted octanol–water partition coefficient (Wildman–Crippen LogP) is 3.09. The molecule has 7 heteroatoms. The number of carbonyl (C=O) groups is 1. The Morgan fingerprint density at radius 1 is 1.00 bits per heavy atom. The van der Waals surface area contributed by atoms with Gasteiger partial charge in [0.25, 0.3) is 5.91 Å². The van der Waals surface area contributed by atoms with Crippen LogP contribution in [0.5, 0.6) is 11.5 Å². The number of amides is 1. The molecule has 1 N–H and O–H groups in total. The molecular formula is C17H16F3NO3. The molecule has 0 saturated carbocycles. The van der Waals surface area contributed by atoms with Crippen molar-refractivity contribution in [2.24, 2.45) is 0 Å². The van der Waals surface area contributed by atoms with E-state index in [4.69, 9.17) is 9.47 Å². The van der Waals surface area contributed by atoms with Gasteiger partial charge in [-0.05, 0) is 36.2 Å². The second-order valence-electron chi connectivity index (χ2n) is 4.91. The van der Waals surface area contributed by atoms with Crippen LogP contribution in [0.15, 0.2) is 30.3 Å². The molecule has 0 aliphatic rings. The van der Waals surface area contributed by atoms with Crippen LogP contribution in [0.25, 0.3) is 0 Å². The predicted molar refractivity (Wildman–Crippen MR) is 81.9 cm³/mol. The van der Waals surface area contributed by atoms with Crippen molar-refractivity contribution in [2.75, 3.05) is 20.8 Å². The van der Waals surface area contributed by atoms with Crippen LogP contribution >= 0.6 is 0 Å². The summed E-state index contributed by atoms with van der Waals surface area (Å²) in [4.78, 5) is 12.2. The van der Waals surface area contributed by atoms with Crippen LogP contribution in [0, 0.1) is 17.5 Å². The highest BCUT2D eigenvalue weighted by molar-refractivity contribution is 5.98. The van der Waals surface area contributed by atoms with Gasteiger partial charge in [0.2, 0.25) is 0 Å². The van der Waals surface area contributed by atoms with Crippen LogP contribution in [0.4, 0.5) is 13.2 Å². The number of hydrogen-bond donors (Lipinski definition) is 1. The fourth-order valence-electron chi connectivity index (χ4n) is 2.22. The molecular weight excluding hydrogens is 323 g/mol. The van der Waals surface area contributed by atoms with Crippen molar-refractivity contribution in [1.29, 1.82) is 0 Å². The zero-order chi connectivity index (χ0) is 17.7. The molecule has 128 valence electrons. The van der Waals surface area contributed by atoms with E-state index in [0.717, 1.165) is 18.2 Å². The summed E-state index contributed by atoms with van der Waals surface area (Å²) >= 11 is 0. The molecule has 24 heavy (non-hydrogen) atoms. The summed E-state index contributed by atoms with van der Waals surface area (Å²) < 4.78 is 50.0. The van der Waals surface area contributed by atoms with E-state index in [1.165, 1.54) is 26.4 Å². The summed E-state index contributed by atoms with van der Waals surface area (Å²) in [5, 5.41) is 2.52. The highest BCUT2D eigenvalue weighted by Gasteiger charge is 2.21. The largest absolute Gasteiger partial charge is 0.493 e. The Kier molecular flexibility index (Phi) is 5.68. The number of halogens is 3. The van der Waals surface area contributed by atoms with E-state index >= 15 is 0 Å². The standard InChI is InChI=1S/C17H16F3NO3/c1-23-14-6-5-12(19)15(16(14)24-2)17(22)21-8-7-10-3-4-11(18)13(20)9-10/h3-6,9H,7-8H2,1-2H3,(H,21,22). The van der Waals surface area contributed by atoms with Gasteiger partial charge in [0.15, 0.2) is 23.1 Å². The van der Waals surface area contributed by atoms with Crippen molar-refractivity contribution < 1.29 is 27.4 Å². The minimum absolute atomic E-state index is 0.0113. The first kappa shape index (κ1) is 17.7. The molecule has 2 aromatic carbocycles. The average Bonchev–Trinajstić information content (AvgIpc) is 2.57. The molecule has 0 spiro atoms. The summed E-state index contributed by atoms with van der Waals surface area (Å²) in [6.45, 7) is 0.115. The third-order valence-electron chi connectivity index (χ3n) is 3.41. The maximum absolute atomic E-state index is 14.0. The molecule has 0 aliphatic heterocycles. The average molecular weight is 339 g/mol. The van der Waals surface area contributed by atoms with Crippen molar-refractivity contribution in [3.63, 3.8) is 0 Å². The number of hydrogen-bond acceptors (Lipinski definition) is 3. The zero-order valence-corrected chi connectivity index (χ0v) is 13.2. The van der Waals surface area contributed by atoms with Crippen LogP contribution in [0.3, 0.4) is 0 Å². The first-order valence-corrected chi connectivity index (χ1v) is 7.10. The normalized spacial score (nSPS) is 10.4. The second-order valence-corrected chi connectivity index (χ2v) is 4.91. The highest BCUT2D eigenvalue weighted by atomic mass is 19.2. The first-order valence-electron chi connectivity index (χ1n) is 7.10. The smallest absolute Gasteiger partial charge is 0.258 e. The van der Waals surface area contributed by atoms with Crippen LogP contribution in [0.2, 0.25) is 0 Å². The van der Waals surface area contributed by atoms with Crippen molar-refractivity contribution in [1.82, 2.24) is 5.32 Å². The quantitative estimate of drug-likeness (QED) is 0.880. The van der Waals surface area contributed by atoms with Gasteiger partial charge in [-0.2, -0.15) is 0 Å². The highest BCUT2D eigenvalue weighted by Crippen LogP contribution is 2.32. The third-order valence-corrected chi connectivity index (χ3v) is 3.41. The Morgan fingerprint density at radius 2 is 1.71 bits per heavy atom. The van der Waals surface area contributed by atoms with Crippen molar-refractivity contribution in [2.45, 2.75) is 6.42 Å². The Hall–Kier alpha value is -2.70. The van der Waals surface area contributed by atoms with E-state index in [2.05, 4.69) is 5.32 Å². The Labute approximate surface area is 137 Å². The van der Waals surface area contributed by atoms with Gasteiger partial charge >= 0.3 is 0 Å². The van der Waals surface area contributed by atoms with Gasteiger partial charge in [0, 0.05) is 6.54 Å². The Balaban J connectivity index is 2.08. The number of carbonyl (C=O) groups excluding carboxylic acids is 1. The molecule has 0 atom stereocenters. The van der Waals surface area contributed by atoms with Gasteiger partial charge in [-0.25, -0.2) is 13.2 Å². The third kappa shape index (κ3) is 3.79. The maximum Gasteiger partial charge on any atom is 0.258 e. The zero-order valence-electron chi connectivity index (χ0n) is 13.2. The van der Waals surface area contributed by atoms with Crippen molar-refractivity contribution >= 4 is 5.91 Å². The molecule has 1 amide bonds. The van der Waals surface area contributed by atoms with Crippen LogP contribution in [-0.4, -0.2) is 26.7 Å². The SMILES string of the molecule is COc1ccc(F)c(C(=O)NCCc2ccc(F)c(F)c2)c1OC. The molecule has 0 fully saturated rings. The number of benzene rings is 2. The van der Waals surface area contributed by atoms with Crippen LogP contribution in [0.1, 0.15) is 15.9 Å². The summed E-state index contributed by atoms with van der Waals surface area (Å²) in [6, 6.07) is 5.93. The number of rotatable bonds is 6. The van der Waals surface area contributed by atoms with E-state index < -0.39 is 23.4 Å². The molecule has 0 unspecified atom stereocenters. The van der Waals surface area contributed by atoms with E-state index in [-0.39, 0.29) is 30.0 Å². The first-order chi connectivity index (χ1) is 11.5. The van der Waals surface area contributed by atoms with E-state index in [1.54, 1.807) is 0 Å². The molecule has 2 aromatic rings. The fraction of sp³-hybridized carbons (Fsp3) is 0.235. The lowest BCUT2D eigenvalue weighted by Gasteiger charge is -2.13. The number of ether oxygens (including phenoxy) is 2. The van der Waals surface area contributed by atoms with Crippen molar-refractivity contribution in [3.05, 3.63) is 58.9 Å². The van der Waals surface area contributed by atoms with Gasteiger partial charge in [-0.15, -0.1) is 0 Å². The van der Waals surface area contributed by atoms with Gasteiger partial charge in [0.1, 0.15) is 11.4 Å². The van der Waals surface area contributed by atoms with Gasteiger partial charge in [-0.1, -0.05) is 6.07 Å². The Morgan fingerprint density at radius 3 is 2.33 bits per heavy atom. The van der Waals surface area contributed by atoms with E-state index in [1.807, 2.05) is 0 Å². The molecule has 0 radical (unpaired) electrons. The monoisotopic (exact) mass is 339 g/mol. The van der Waals surface area contributed by atoms with E-state index in [9.17, 15) is 18.0 Å². The van der Waals surface area contributed by atoms with Gasteiger partial charge in [-0.3, -0.25) is 4.79 Å². The van der Waals surface area contributed by atoms with Crippen LogP contribution in [-0.2, 0) is 6.42 Å². The molecule has 0 aliphatic carbocycles. The molecule has 0 bridgehead atoms. The summed E-state index contributed by atoms with van der Waals surface area (Å²) in [5.41, 5.74) is 0.231. The molecule has 4 nitrogen and oxygen atoms in total. The lowest BCUT2D eigenvalue weighted by atomic mass is 10.1. The summed E-state index contributed by atoms with van der Waals surface area (Å²) in [5.74, 6) is -3.12. The fourth-order valence-corrected chi connectivity index (χ4v) is 2.22. The lowest BCUT2D eigenvalue weighted by Crippen LogP contribution is -2.27. The van der Waals surface area contributed by atoms with Crippen molar-refractivity contribution in [3.8, 4) is 11.5 Å². The minimum Gasteiger partial charge on any atom is -0.493 e. The van der Waals surface area contributed by atoms with Crippen LogP contribution < -0.4 is 14.8 Å². The molecule has 0 aromatic heterocycles. The number of methoxy groups -OCH3 is 2. The summed E-state index contributed by atoms with van der Waals surface area (Å²) in [7, 11) is 2.68. The second kappa shape index (κ2) is 7.72. The molecule has 0 heterocycles. The Bertz CT molecular complexity index is 750. The number of nitrogens with one attached hydrogen (secondary N) is 1. The maximum atomic E-state index is 14.0. The molecule has 0 saturated heterocycles. The van der Waals surface area contributed by atoms with Gasteiger partial charge < -0.3 is 14.8 Å². The lowest BCUT2D eigenvalue weighted by molar-refractivity contribution is 0.0946. The van der Waals surface area contributed by atoms with Gasteiger partial charge in [0.05, 0.1) is 14.2 Å².